The smallest absolute Gasteiger partial charge is 0.257 e. The van der Waals surface area contributed by atoms with Crippen molar-refractivity contribution in [2.24, 2.45) is 0 Å². The first-order valence-corrected chi connectivity index (χ1v) is 7.98. The first-order chi connectivity index (χ1) is 9.57. The zero-order chi connectivity index (χ0) is 15.0. The highest BCUT2D eigenvalue weighted by Gasteiger charge is 2.18. The fourth-order valence-electron chi connectivity index (χ4n) is 1.79. The molecular formula is C14H20F2N2OS. The summed E-state index contributed by atoms with van der Waals surface area (Å²) in [5.74, 6) is -1.51. The SMILES string of the molecule is CSCCCCCCNC(=O)c1c(F)ccc(N)c1F. The van der Waals surface area contributed by atoms with Gasteiger partial charge in [0, 0.05) is 6.54 Å². The fourth-order valence-corrected chi connectivity index (χ4v) is 2.28. The largest absolute Gasteiger partial charge is 0.396 e. The third-order valence-corrected chi connectivity index (χ3v) is 3.61. The number of thioether (sulfide) groups is 1. The van der Waals surface area contributed by atoms with E-state index in [-0.39, 0.29) is 5.69 Å². The molecule has 6 heteroatoms. The highest BCUT2D eigenvalue weighted by Crippen LogP contribution is 2.18. The molecule has 0 saturated carbocycles. The van der Waals surface area contributed by atoms with Crippen molar-refractivity contribution in [3.63, 3.8) is 0 Å². The molecule has 0 unspecified atom stereocenters. The minimum absolute atomic E-state index is 0.228. The topological polar surface area (TPSA) is 55.1 Å². The molecule has 112 valence electrons. The lowest BCUT2D eigenvalue weighted by atomic mass is 10.1. The van der Waals surface area contributed by atoms with Crippen LogP contribution in [0.3, 0.4) is 0 Å². The number of hydrogen-bond acceptors (Lipinski definition) is 3. The molecule has 1 rings (SSSR count). The second-order valence-electron chi connectivity index (χ2n) is 4.49. The number of hydrogen-bond donors (Lipinski definition) is 2. The van der Waals surface area contributed by atoms with Crippen LogP contribution in [0, 0.1) is 11.6 Å². The number of unbranched alkanes of at least 4 members (excludes halogenated alkanes) is 3. The van der Waals surface area contributed by atoms with E-state index >= 15 is 0 Å². The van der Waals surface area contributed by atoms with Crippen molar-refractivity contribution in [2.45, 2.75) is 25.7 Å². The Labute approximate surface area is 122 Å². The molecule has 0 aliphatic rings. The van der Waals surface area contributed by atoms with Gasteiger partial charge in [-0.1, -0.05) is 12.8 Å². The number of amides is 1. The van der Waals surface area contributed by atoms with Crippen molar-refractivity contribution >= 4 is 23.4 Å². The highest BCUT2D eigenvalue weighted by molar-refractivity contribution is 7.98. The van der Waals surface area contributed by atoms with Gasteiger partial charge in [-0.05, 0) is 37.0 Å². The van der Waals surface area contributed by atoms with Crippen molar-refractivity contribution in [2.75, 3.05) is 24.3 Å². The molecule has 3 nitrogen and oxygen atoms in total. The van der Waals surface area contributed by atoms with Crippen LogP contribution in [-0.2, 0) is 0 Å². The van der Waals surface area contributed by atoms with Crippen LogP contribution in [-0.4, -0.2) is 24.5 Å². The van der Waals surface area contributed by atoms with Gasteiger partial charge in [0.15, 0.2) is 5.82 Å². The van der Waals surface area contributed by atoms with Crippen LogP contribution in [0.5, 0.6) is 0 Å². The van der Waals surface area contributed by atoms with Crippen LogP contribution in [0.25, 0.3) is 0 Å². The molecular weight excluding hydrogens is 282 g/mol. The summed E-state index contributed by atoms with van der Waals surface area (Å²) in [7, 11) is 0. The molecule has 1 aromatic rings. The number of anilines is 1. The Morgan fingerprint density at radius 2 is 1.95 bits per heavy atom. The number of benzene rings is 1. The highest BCUT2D eigenvalue weighted by atomic mass is 32.2. The third-order valence-electron chi connectivity index (χ3n) is 2.91. The third kappa shape index (κ3) is 5.00. The lowest BCUT2D eigenvalue weighted by Crippen LogP contribution is -2.26. The summed E-state index contributed by atoms with van der Waals surface area (Å²) >= 11 is 1.81. The van der Waals surface area contributed by atoms with E-state index < -0.39 is 23.1 Å². The molecule has 1 aromatic carbocycles. The normalized spacial score (nSPS) is 10.6. The molecule has 0 fully saturated rings. The standard InChI is InChI=1S/C14H20F2N2OS/c1-20-9-5-3-2-4-8-18-14(19)12-10(15)6-7-11(17)13(12)16/h6-7H,2-5,8-9,17H2,1H3,(H,18,19). The van der Waals surface area contributed by atoms with E-state index in [4.69, 9.17) is 5.73 Å². The molecule has 20 heavy (non-hydrogen) atoms. The summed E-state index contributed by atoms with van der Waals surface area (Å²) < 4.78 is 27.0. The van der Waals surface area contributed by atoms with Gasteiger partial charge in [-0.25, -0.2) is 8.78 Å². The summed E-state index contributed by atoms with van der Waals surface area (Å²) in [5, 5.41) is 2.52. The molecule has 0 heterocycles. The number of rotatable bonds is 8. The molecule has 0 aromatic heterocycles. The van der Waals surface area contributed by atoms with Gasteiger partial charge >= 0.3 is 0 Å². The van der Waals surface area contributed by atoms with Gasteiger partial charge in [0.2, 0.25) is 0 Å². The predicted molar refractivity (Wildman–Crippen MR) is 80.0 cm³/mol. The summed E-state index contributed by atoms with van der Waals surface area (Å²) in [6.45, 7) is 0.409. The fraction of sp³-hybridized carbons (Fsp3) is 0.500. The van der Waals surface area contributed by atoms with Crippen molar-refractivity contribution in [1.82, 2.24) is 5.32 Å². The monoisotopic (exact) mass is 302 g/mol. The second kappa shape index (κ2) is 8.79. The molecule has 0 spiro atoms. The Morgan fingerprint density at radius 3 is 2.65 bits per heavy atom. The van der Waals surface area contributed by atoms with E-state index in [0.29, 0.717) is 6.54 Å². The molecule has 1 amide bonds. The maximum atomic E-state index is 13.6. The van der Waals surface area contributed by atoms with Crippen LogP contribution < -0.4 is 11.1 Å². The van der Waals surface area contributed by atoms with E-state index in [9.17, 15) is 13.6 Å². The molecule has 0 radical (unpaired) electrons. The first kappa shape index (κ1) is 16.8. The van der Waals surface area contributed by atoms with E-state index in [1.165, 1.54) is 0 Å². The van der Waals surface area contributed by atoms with Crippen LogP contribution in [0.2, 0.25) is 0 Å². The Morgan fingerprint density at radius 1 is 1.25 bits per heavy atom. The van der Waals surface area contributed by atoms with Crippen molar-refractivity contribution in [1.29, 1.82) is 0 Å². The van der Waals surface area contributed by atoms with E-state index in [0.717, 1.165) is 43.6 Å². The predicted octanol–water partition coefficient (Wildman–Crippen LogP) is 3.20. The summed E-state index contributed by atoms with van der Waals surface area (Å²) in [6, 6.07) is 2.10. The summed E-state index contributed by atoms with van der Waals surface area (Å²) in [4.78, 5) is 11.7. The van der Waals surface area contributed by atoms with E-state index in [2.05, 4.69) is 11.6 Å². The van der Waals surface area contributed by atoms with Gasteiger partial charge in [-0.2, -0.15) is 11.8 Å². The average Bonchev–Trinajstić information content (AvgIpc) is 2.42. The van der Waals surface area contributed by atoms with Crippen molar-refractivity contribution < 1.29 is 13.6 Å². The quantitative estimate of drug-likeness (QED) is 0.573. The van der Waals surface area contributed by atoms with Gasteiger partial charge in [-0.3, -0.25) is 4.79 Å². The number of nitrogens with two attached hydrogens (primary N) is 1. The molecule has 0 bridgehead atoms. The van der Waals surface area contributed by atoms with Crippen LogP contribution in [0.15, 0.2) is 12.1 Å². The average molecular weight is 302 g/mol. The number of nitrogen functional groups attached to an aromatic ring is 1. The van der Waals surface area contributed by atoms with Gasteiger partial charge < -0.3 is 11.1 Å². The van der Waals surface area contributed by atoms with Crippen molar-refractivity contribution in [3.8, 4) is 0 Å². The Hall–Kier alpha value is -1.30. The number of halogens is 2. The first-order valence-electron chi connectivity index (χ1n) is 6.58. The lowest BCUT2D eigenvalue weighted by molar-refractivity contribution is 0.0944. The van der Waals surface area contributed by atoms with Crippen LogP contribution in [0.4, 0.5) is 14.5 Å². The Balaban J connectivity index is 2.38. The minimum Gasteiger partial charge on any atom is -0.396 e. The zero-order valence-electron chi connectivity index (χ0n) is 11.5. The molecule has 3 N–H and O–H groups in total. The van der Waals surface area contributed by atoms with Gasteiger partial charge in [-0.15, -0.1) is 0 Å². The van der Waals surface area contributed by atoms with Crippen molar-refractivity contribution in [3.05, 3.63) is 29.3 Å². The van der Waals surface area contributed by atoms with Gasteiger partial charge in [0.1, 0.15) is 11.4 Å². The molecule has 0 aliphatic heterocycles. The number of carbonyl (C=O) groups is 1. The van der Waals surface area contributed by atoms with Gasteiger partial charge in [0.25, 0.3) is 5.91 Å². The lowest BCUT2D eigenvalue weighted by Gasteiger charge is -2.08. The molecule has 0 atom stereocenters. The summed E-state index contributed by atoms with van der Waals surface area (Å²) in [6.07, 6.45) is 6.09. The maximum Gasteiger partial charge on any atom is 0.257 e. The van der Waals surface area contributed by atoms with Crippen LogP contribution in [0.1, 0.15) is 36.0 Å². The summed E-state index contributed by atoms with van der Waals surface area (Å²) in [5.41, 5.74) is 4.49. The minimum atomic E-state index is -0.998. The number of carbonyl (C=O) groups excluding carboxylic acids is 1. The maximum absolute atomic E-state index is 13.6. The molecule has 0 saturated heterocycles. The number of nitrogens with one attached hydrogen (secondary N) is 1. The van der Waals surface area contributed by atoms with E-state index in [1.54, 1.807) is 0 Å². The molecule has 0 aliphatic carbocycles. The van der Waals surface area contributed by atoms with Gasteiger partial charge in [0.05, 0.1) is 5.69 Å². The van der Waals surface area contributed by atoms with Crippen LogP contribution >= 0.6 is 11.8 Å². The zero-order valence-corrected chi connectivity index (χ0v) is 12.4. The van der Waals surface area contributed by atoms with E-state index in [1.807, 2.05) is 11.8 Å². The second-order valence-corrected chi connectivity index (χ2v) is 5.47. The Bertz CT molecular complexity index is 455. The Kier molecular flexibility index (Phi) is 7.36.